The predicted octanol–water partition coefficient (Wildman–Crippen LogP) is 3.20. The highest BCUT2D eigenvalue weighted by Crippen LogP contribution is 2.43. The first-order valence-electron chi connectivity index (χ1n) is 6.54. The van der Waals surface area contributed by atoms with E-state index in [-0.39, 0.29) is 11.2 Å². The number of pyridine rings is 1. The molecule has 1 aliphatic rings. The third-order valence-electron chi connectivity index (χ3n) is 3.81. The van der Waals surface area contributed by atoms with Crippen LogP contribution in [0.15, 0.2) is 30.5 Å². The van der Waals surface area contributed by atoms with Crippen molar-refractivity contribution in [3.63, 3.8) is 0 Å². The van der Waals surface area contributed by atoms with Crippen LogP contribution in [0.25, 0.3) is 0 Å². The minimum absolute atomic E-state index is 0.240. The van der Waals surface area contributed by atoms with Gasteiger partial charge in [0.05, 0.1) is 5.69 Å². The van der Waals surface area contributed by atoms with Crippen LogP contribution in [0.2, 0.25) is 5.15 Å². The molecule has 0 aromatic carbocycles. The first-order chi connectivity index (χ1) is 9.70. The number of rotatable bonds is 4. The predicted molar refractivity (Wildman–Crippen MR) is 75.3 cm³/mol. The van der Waals surface area contributed by atoms with Crippen LogP contribution in [0.3, 0.4) is 0 Å². The van der Waals surface area contributed by atoms with Crippen LogP contribution in [-0.4, -0.2) is 21.7 Å². The summed E-state index contributed by atoms with van der Waals surface area (Å²) in [6.45, 7) is 0.594. The van der Waals surface area contributed by atoms with Crippen LogP contribution in [0.5, 0.6) is 0 Å². The number of aromatic nitrogens is 3. The molecule has 20 heavy (non-hydrogen) atoms. The van der Waals surface area contributed by atoms with Crippen molar-refractivity contribution >= 4 is 17.4 Å². The molecule has 4 nitrogen and oxygen atoms in total. The van der Waals surface area contributed by atoms with Gasteiger partial charge in [-0.2, -0.15) is 0 Å². The summed E-state index contributed by atoms with van der Waals surface area (Å²) in [5.74, 6) is 0.396. The highest BCUT2D eigenvalue weighted by Gasteiger charge is 2.41. The number of hydrogen-bond donors (Lipinski definition) is 1. The number of anilines is 1. The Morgan fingerprint density at radius 3 is 2.70 bits per heavy atom. The second kappa shape index (κ2) is 5.32. The molecule has 6 heteroatoms. The summed E-state index contributed by atoms with van der Waals surface area (Å²) >= 11 is 5.70. The lowest BCUT2D eigenvalue weighted by molar-refractivity contribution is 0.243. The number of nitrogens with one attached hydrogen (secondary N) is 1. The Balaban J connectivity index is 1.77. The van der Waals surface area contributed by atoms with E-state index < -0.39 is 0 Å². The highest BCUT2D eigenvalue weighted by molar-refractivity contribution is 6.29. The molecule has 0 amide bonds. The minimum atomic E-state index is -0.243. The Morgan fingerprint density at radius 2 is 2.10 bits per heavy atom. The van der Waals surface area contributed by atoms with Gasteiger partial charge in [0.2, 0.25) is 0 Å². The fraction of sp³-hybridized carbons (Fsp3) is 0.357. The largest absolute Gasteiger partial charge is 0.368 e. The van der Waals surface area contributed by atoms with E-state index in [4.69, 9.17) is 11.6 Å². The molecule has 3 rings (SSSR count). The van der Waals surface area contributed by atoms with E-state index in [1.165, 1.54) is 6.07 Å². The average molecular weight is 293 g/mol. The van der Waals surface area contributed by atoms with Gasteiger partial charge in [-0.25, -0.2) is 4.39 Å². The lowest BCUT2D eigenvalue weighted by Gasteiger charge is -2.41. The second-order valence-corrected chi connectivity index (χ2v) is 5.45. The van der Waals surface area contributed by atoms with Crippen molar-refractivity contribution in [1.82, 2.24) is 15.2 Å². The summed E-state index contributed by atoms with van der Waals surface area (Å²) in [5.41, 5.74) is 0.299. The fourth-order valence-electron chi connectivity index (χ4n) is 2.55. The van der Waals surface area contributed by atoms with Crippen molar-refractivity contribution in [2.45, 2.75) is 24.7 Å². The van der Waals surface area contributed by atoms with Crippen molar-refractivity contribution in [2.75, 3.05) is 11.9 Å². The van der Waals surface area contributed by atoms with Gasteiger partial charge in [-0.1, -0.05) is 18.0 Å². The highest BCUT2D eigenvalue weighted by atomic mass is 35.5. The molecule has 1 aliphatic carbocycles. The second-order valence-electron chi connectivity index (χ2n) is 5.06. The maximum absolute atomic E-state index is 13.9. The fourth-order valence-corrected chi connectivity index (χ4v) is 2.65. The van der Waals surface area contributed by atoms with E-state index in [1.54, 1.807) is 24.4 Å². The summed E-state index contributed by atoms with van der Waals surface area (Å²) in [7, 11) is 0. The molecule has 0 atom stereocenters. The van der Waals surface area contributed by atoms with Gasteiger partial charge in [0.15, 0.2) is 5.15 Å². The molecule has 1 saturated carbocycles. The van der Waals surface area contributed by atoms with Crippen molar-refractivity contribution in [3.05, 3.63) is 47.1 Å². The summed E-state index contributed by atoms with van der Waals surface area (Å²) < 4.78 is 13.9. The van der Waals surface area contributed by atoms with Gasteiger partial charge in [-0.3, -0.25) is 4.98 Å². The average Bonchev–Trinajstić information content (AvgIpc) is 2.41. The van der Waals surface area contributed by atoms with Crippen molar-refractivity contribution in [2.24, 2.45) is 0 Å². The number of hydrogen-bond acceptors (Lipinski definition) is 4. The zero-order valence-electron chi connectivity index (χ0n) is 10.8. The van der Waals surface area contributed by atoms with Gasteiger partial charge >= 0.3 is 0 Å². The van der Waals surface area contributed by atoms with Gasteiger partial charge in [0.1, 0.15) is 11.6 Å². The molecule has 0 spiro atoms. The zero-order valence-corrected chi connectivity index (χ0v) is 11.6. The molecule has 0 aliphatic heterocycles. The Labute approximate surface area is 121 Å². The third-order valence-corrected chi connectivity index (χ3v) is 4.01. The van der Waals surface area contributed by atoms with E-state index in [1.807, 2.05) is 0 Å². The van der Waals surface area contributed by atoms with Gasteiger partial charge < -0.3 is 5.32 Å². The molecule has 0 saturated heterocycles. The minimum Gasteiger partial charge on any atom is -0.368 e. The molecule has 2 heterocycles. The molecule has 0 radical (unpaired) electrons. The molecule has 1 fully saturated rings. The van der Waals surface area contributed by atoms with Crippen molar-refractivity contribution in [3.8, 4) is 0 Å². The molecule has 0 bridgehead atoms. The standard InChI is InChI=1S/C14H14ClFN4/c15-11-4-5-12(20-19-11)18-9-14(6-2-7-14)13-10(16)3-1-8-17-13/h1,3-5,8H,2,6-7,9H2,(H,18,20). The molecule has 104 valence electrons. The lowest BCUT2D eigenvalue weighted by atomic mass is 9.66. The summed E-state index contributed by atoms with van der Waals surface area (Å²) in [6.07, 6.45) is 4.58. The lowest BCUT2D eigenvalue weighted by Crippen LogP contribution is -2.42. The number of halogens is 2. The van der Waals surface area contributed by atoms with Crippen LogP contribution in [0, 0.1) is 5.82 Å². The molecule has 0 unspecified atom stereocenters. The van der Waals surface area contributed by atoms with Crippen molar-refractivity contribution < 1.29 is 4.39 Å². The molecule has 2 aromatic heterocycles. The number of nitrogens with zero attached hydrogens (tertiary/aromatic N) is 3. The van der Waals surface area contributed by atoms with E-state index in [2.05, 4.69) is 20.5 Å². The SMILES string of the molecule is Fc1cccnc1C1(CNc2ccc(Cl)nn2)CCC1. The van der Waals surface area contributed by atoms with Crippen LogP contribution in [-0.2, 0) is 5.41 Å². The van der Waals surface area contributed by atoms with Gasteiger partial charge in [-0.05, 0) is 37.1 Å². The van der Waals surface area contributed by atoms with Gasteiger partial charge in [0.25, 0.3) is 0 Å². The Morgan fingerprint density at radius 1 is 1.25 bits per heavy atom. The topological polar surface area (TPSA) is 50.7 Å². The van der Waals surface area contributed by atoms with E-state index >= 15 is 0 Å². The smallest absolute Gasteiger partial charge is 0.151 e. The molecular formula is C14H14ClFN4. The maximum Gasteiger partial charge on any atom is 0.151 e. The Kier molecular flexibility index (Phi) is 3.53. The van der Waals surface area contributed by atoms with Crippen LogP contribution < -0.4 is 5.32 Å². The van der Waals surface area contributed by atoms with Crippen molar-refractivity contribution in [1.29, 1.82) is 0 Å². The van der Waals surface area contributed by atoms with Gasteiger partial charge in [-0.15, -0.1) is 10.2 Å². The van der Waals surface area contributed by atoms with Crippen LogP contribution in [0.1, 0.15) is 25.0 Å². The summed E-state index contributed by atoms with van der Waals surface area (Å²) in [4.78, 5) is 4.23. The zero-order chi connectivity index (χ0) is 14.0. The molecule has 2 aromatic rings. The maximum atomic E-state index is 13.9. The first-order valence-corrected chi connectivity index (χ1v) is 6.92. The molecular weight excluding hydrogens is 279 g/mol. The van der Waals surface area contributed by atoms with Gasteiger partial charge in [0, 0.05) is 18.2 Å². The summed E-state index contributed by atoms with van der Waals surface area (Å²) in [6, 6.07) is 6.51. The monoisotopic (exact) mass is 292 g/mol. The Hall–Kier alpha value is -1.75. The molecule has 1 N–H and O–H groups in total. The van der Waals surface area contributed by atoms with Crippen LogP contribution >= 0.6 is 11.6 Å². The van der Waals surface area contributed by atoms with Crippen LogP contribution in [0.4, 0.5) is 10.2 Å². The van der Waals surface area contributed by atoms with E-state index in [9.17, 15) is 4.39 Å². The van der Waals surface area contributed by atoms with E-state index in [0.717, 1.165) is 19.3 Å². The summed E-state index contributed by atoms with van der Waals surface area (Å²) in [5, 5.41) is 11.3. The van der Waals surface area contributed by atoms with E-state index in [0.29, 0.717) is 23.2 Å². The third kappa shape index (κ3) is 2.45. The Bertz CT molecular complexity index is 598. The normalized spacial score (nSPS) is 16.5. The quantitative estimate of drug-likeness (QED) is 0.940. The first kappa shape index (κ1) is 13.2.